The summed E-state index contributed by atoms with van der Waals surface area (Å²) in [5, 5.41) is 3.43. The lowest BCUT2D eigenvalue weighted by atomic mass is 9.88. The van der Waals surface area contributed by atoms with Crippen molar-refractivity contribution >= 4 is 0 Å². The van der Waals surface area contributed by atoms with E-state index in [1.54, 1.807) is 0 Å². The molecule has 0 bridgehead atoms. The van der Waals surface area contributed by atoms with Crippen molar-refractivity contribution in [1.82, 2.24) is 15.1 Å². The molecule has 0 aromatic rings. The molecule has 1 aliphatic carbocycles. The van der Waals surface area contributed by atoms with E-state index in [0.717, 1.165) is 24.2 Å². The number of nitrogens with zero attached hydrogens (tertiary/aromatic N) is 2. The van der Waals surface area contributed by atoms with Gasteiger partial charge in [0.25, 0.3) is 0 Å². The van der Waals surface area contributed by atoms with Crippen molar-refractivity contribution in [2.75, 3.05) is 27.7 Å². The van der Waals surface area contributed by atoms with Crippen LogP contribution in [-0.2, 0) is 0 Å². The van der Waals surface area contributed by atoms with E-state index in [1.807, 2.05) is 0 Å². The van der Waals surface area contributed by atoms with Crippen LogP contribution in [0.1, 0.15) is 45.4 Å². The molecule has 3 nitrogen and oxygen atoms in total. The number of rotatable bonds is 3. The van der Waals surface area contributed by atoms with Gasteiger partial charge in [0, 0.05) is 24.2 Å². The van der Waals surface area contributed by atoms with Crippen molar-refractivity contribution in [3.63, 3.8) is 0 Å². The highest BCUT2D eigenvalue weighted by Crippen LogP contribution is 2.27. The summed E-state index contributed by atoms with van der Waals surface area (Å²) in [7, 11) is 6.74. The Balaban J connectivity index is 1.82. The quantitative estimate of drug-likeness (QED) is 0.829. The fourth-order valence-electron chi connectivity index (χ4n) is 3.70. The van der Waals surface area contributed by atoms with Crippen molar-refractivity contribution in [2.45, 2.75) is 69.6 Å². The minimum Gasteiger partial charge on any atom is -0.317 e. The highest BCUT2D eigenvalue weighted by atomic mass is 15.2. The van der Waals surface area contributed by atoms with E-state index >= 15 is 0 Å². The molecular weight excluding hydrogens is 222 g/mol. The largest absolute Gasteiger partial charge is 0.317 e. The van der Waals surface area contributed by atoms with Gasteiger partial charge in [-0.05, 0) is 73.1 Å². The molecule has 2 fully saturated rings. The normalized spacial score (nSPS) is 39.2. The molecule has 1 aliphatic heterocycles. The van der Waals surface area contributed by atoms with Crippen LogP contribution in [0.3, 0.4) is 0 Å². The van der Waals surface area contributed by atoms with Gasteiger partial charge in [0.15, 0.2) is 0 Å². The van der Waals surface area contributed by atoms with E-state index in [4.69, 9.17) is 0 Å². The Kier molecular flexibility index (Phi) is 5.05. The number of hydrogen-bond acceptors (Lipinski definition) is 3. The number of nitrogens with one attached hydrogen (secondary N) is 1. The summed E-state index contributed by atoms with van der Waals surface area (Å²) in [5.41, 5.74) is 0. The molecule has 1 saturated carbocycles. The Labute approximate surface area is 113 Å². The summed E-state index contributed by atoms with van der Waals surface area (Å²) < 4.78 is 0. The zero-order valence-electron chi connectivity index (χ0n) is 12.7. The first-order chi connectivity index (χ1) is 8.61. The molecule has 106 valence electrons. The first-order valence-corrected chi connectivity index (χ1v) is 7.71. The number of piperidine rings is 1. The Morgan fingerprint density at radius 1 is 1.06 bits per heavy atom. The molecule has 2 unspecified atom stereocenters. The van der Waals surface area contributed by atoms with E-state index < -0.39 is 0 Å². The van der Waals surface area contributed by atoms with E-state index in [9.17, 15) is 0 Å². The van der Waals surface area contributed by atoms with Gasteiger partial charge in [-0.15, -0.1) is 0 Å². The summed E-state index contributed by atoms with van der Waals surface area (Å²) in [6, 6.07) is 3.16. The summed E-state index contributed by atoms with van der Waals surface area (Å²) in [4.78, 5) is 5.21. The monoisotopic (exact) mass is 253 g/mol. The van der Waals surface area contributed by atoms with E-state index in [0.29, 0.717) is 0 Å². The zero-order valence-corrected chi connectivity index (χ0v) is 12.7. The Morgan fingerprint density at radius 2 is 1.72 bits per heavy atom. The molecule has 0 aromatic heterocycles. The molecule has 0 aromatic carbocycles. The van der Waals surface area contributed by atoms with E-state index in [-0.39, 0.29) is 0 Å². The minimum absolute atomic E-state index is 0.750. The maximum atomic E-state index is 3.43. The Hall–Kier alpha value is -0.120. The zero-order chi connectivity index (χ0) is 13.1. The molecule has 0 amide bonds. The van der Waals surface area contributed by atoms with Crippen molar-refractivity contribution in [2.24, 2.45) is 0 Å². The second-order valence-corrected chi connectivity index (χ2v) is 6.47. The topological polar surface area (TPSA) is 18.5 Å². The van der Waals surface area contributed by atoms with Crippen molar-refractivity contribution in [1.29, 1.82) is 0 Å². The summed E-state index contributed by atoms with van der Waals surface area (Å²) >= 11 is 0. The Bertz CT molecular complexity index is 248. The summed E-state index contributed by atoms with van der Waals surface area (Å²) in [6.07, 6.45) is 8.16. The average molecular weight is 253 g/mol. The van der Waals surface area contributed by atoms with Gasteiger partial charge in [0.05, 0.1) is 0 Å². The van der Waals surface area contributed by atoms with E-state index in [1.165, 1.54) is 45.1 Å². The molecule has 2 aliphatic rings. The van der Waals surface area contributed by atoms with Crippen LogP contribution in [0.2, 0.25) is 0 Å². The van der Waals surface area contributed by atoms with Crippen LogP contribution >= 0.6 is 0 Å². The lowest BCUT2D eigenvalue weighted by Gasteiger charge is -2.44. The summed E-state index contributed by atoms with van der Waals surface area (Å²) in [5.74, 6) is 0. The fraction of sp³-hybridized carbons (Fsp3) is 1.00. The third-order valence-electron chi connectivity index (χ3n) is 5.44. The molecule has 18 heavy (non-hydrogen) atoms. The Morgan fingerprint density at radius 3 is 2.28 bits per heavy atom. The first-order valence-electron chi connectivity index (χ1n) is 7.71. The third-order valence-corrected chi connectivity index (χ3v) is 5.44. The van der Waals surface area contributed by atoms with Gasteiger partial charge >= 0.3 is 0 Å². The second-order valence-electron chi connectivity index (χ2n) is 6.47. The van der Waals surface area contributed by atoms with Gasteiger partial charge in [-0.25, -0.2) is 0 Å². The number of likely N-dealkylation sites (tertiary alicyclic amines) is 1. The smallest absolute Gasteiger partial charge is 0.0122 e. The first kappa shape index (κ1) is 14.3. The molecule has 1 N–H and O–H groups in total. The highest BCUT2D eigenvalue weighted by Gasteiger charge is 2.31. The highest BCUT2D eigenvalue weighted by molar-refractivity contribution is 4.88. The fourth-order valence-corrected chi connectivity index (χ4v) is 3.70. The van der Waals surface area contributed by atoms with Crippen LogP contribution in [0.15, 0.2) is 0 Å². The van der Waals surface area contributed by atoms with Gasteiger partial charge in [-0.3, -0.25) is 0 Å². The molecule has 1 heterocycles. The SMILES string of the molecule is CNC1CCC(N(C)C2CCN(C)C(C)C2)CC1. The number of hydrogen-bond donors (Lipinski definition) is 1. The van der Waals surface area contributed by atoms with Crippen LogP contribution < -0.4 is 5.32 Å². The third kappa shape index (κ3) is 3.25. The van der Waals surface area contributed by atoms with Crippen LogP contribution in [0.25, 0.3) is 0 Å². The van der Waals surface area contributed by atoms with Crippen molar-refractivity contribution < 1.29 is 0 Å². The van der Waals surface area contributed by atoms with Crippen molar-refractivity contribution in [3.05, 3.63) is 0 Å². The second kappa shape index (κ2) is 6.36. The van der Waals surface area contributed by atoms with Crippen LogP contribution in [-0.4, -0.2) is 61.7 Å². The predicted octanol–water partition coefficient (Wildman–Crippen LogP) is 1.93. The minimum atomic E-state index is 0.750. The van der Waals surface area contributed by atoms with Gasteiger partial charge in [0.2, 0.25) is 0 Å². The predicted molar refractivity (Wildman–Crippen MR) is 78.0 cm³/mol. The van der Waals surface area contributed by atoms with Gasteiger partial charge in [-0.1, -0.05) is 0 Å². The van der Waals surface area contributed by atoms with Crippen molar-refractivity contribution in [3.8, 4) is 0 Å². The maximum absolute atomic E-state index is 3.43. The van der Waals surface area contributed by atoms with Crippen LogP contribution in [0, 0.1) is 0 Å². The van der Waals surface area contributed by atoms with Crippen LogP contribution in [0.5, 0.6) is 0 Å². The molecule has 0 radical (unpaired) electrons. The molecular formula is C15H31N3. The summed E-state index contributed by atoms with van der Waals surface area (Å²) in [6.45, 7) is 3.64. The van der Waals surface area contributed by atoms with Gasteiger partial charge in [-0.2, -0.15) is 0 Å². The lowest BCUT2D eigenvalue weighted by Crippen LogP contribution is -2.50. The molecule has 3 heteroatoms. The van der Waals surface area contributed by atoms with Crippen LogP contribution in [0.4, 0.5) is 0 Å². The lowest BCUT2D eigenvalue weighted by molar-refractivity contribution is 0.0611. The van der Waals surface area contributed by atoms with Gasteiger partial charge < -0.3 is 15.1 Å². The standard InChI is InChI=1S/C15H31N3/c1-12-11-15(9-10-17(12)3)18(4)14-7-5-13(16-2)6-8-14/h12-16H,5-11H2,1-4H3. The molecule has 1 saturated heterocycles. The van der Waals surface area contributed by atoms with Gasteiger partial charge in [0.1, 0.15) is 0 Å². The maximum Gasteiger partial charge on any atom is 0.0122 e. The van der Waals surface area contributed by atoms with E-state index in [2.05, 4.69) is 43.2 Å². The molecule has 2 atom stereocenters. The average Bonchev–Trinajstić information content (AvgIpc) is 2.41. The molecule has 0 spiro atoms. The molecule has 2 rings (SSSR count).